The van der Waals surface area contributed by atoms with E-state index in [1.54, 1.807) is 0 Å². The van der Waals surface area contributed by atoms with E-state index in [1.807, 2.05) is 7.05 Å². The van der Waals surface area contributed by atoms with Gasteiger partial charge in [-0.25, -0.2) is 0 Å². The first-order valence-electron chi connectivity index (χ1n) is 5.51. The highest BCUT2D eigenvalue weighted by atomic mass is 79.9. The third kappa shape index (κ3) is 1.85. The zero-order valence-corrected chi connectivity index (χ0v) is 11.1. The first kappa shape index (κ1) is 11.1. The van der Waals surface area contributed by atoms with Crippen molar-refractivity contribution in [2.45, 2.75) is 32.7 Å². The molecule has 1 heterocycles. The molecule has 1 aliphatic carbocycles. The zero-order chi connectivity index (χ0) is 11.0. The molecule has 1 N–H and O–H groups in total. The Morgan fingerprint density at radius 2 is 2.20 bits per heavy atom. The van der Waals surface area contributed by atoms with E-state index in [-0.39, 0.29) is 0 Å². The molecule has 0 spiro atoms. The zero-order valence-electron chi connectivity index (χ0n) is 9.55. The summed E-state index contributed by atoms with van der Waals surface area (Å²) < 4.78 is 3.36. The summed E-state index contributed by atoms with van der Waals surface area (Å²) in [7, 11) is 2.02. The van der Waals surface area contributed by atoms with Gasteiger partial charge in [0.05, 0.1) is 21.9 Å². The third-order valence-corrected chi connectivity index (χ3v) is 4.54. The van der Waals surface area contributed by atoms with Crippen molar-refractivity contribution in [1.29, 1.82) is 0 Å². The van der Waals surface area contributed by atoms with Crippen LogP contribution in [0, 0.1) is 19.8 Å². The highest BCUT2D eigenvalue weighted by Crippen LogP contribution is 2.39. The summed E-state index contributed by atoms with van der Waals surface area (Å²) in [5.41, 5.74) is 2.36. The molecule has 1 aliphatic rings. The summed E-state index contributed by atoms with van der Waals surface area (Å²) in [4.78, 5) is 0. The maximum absolute atomic E-state index is 4.61. The van der Waals surface area contributed by atoms with Crippen LogP contribution in [-0.4, -0.2) is 23.4 Å². The van der Waals surface area contributed by atoms with E-state index in [0.717, 1.165) is 22.6 Å². The van der Waals surface area contributed by atoms with Crippen LogP contribution in [0.2, 0.25) is 0 Å². The van der Waals surface area contributed by atoms with Crippen molar-refractivity contribution >= 4 is 15.9 Å². The predicted molar refractivity (Wildman–Crippen MR) is 65.1 cm³/mol. The highest BCUT2D eigenvalue weighted by Gasteiger charge is 2.33. The lowest BCUT2D eigenvalue weighted by molar-refractivity contribution is 0.163. The van der Waals surface area contributed by atoms with Crippen LogP contribution >= 0.6 is 15.9 Å². The lowest BCUT2D eigenvalue weighted by atomic mass is 9.79. The van der Waals surface area contributed by atoms with Crippen molar-refractivity contribution in [3.05, 3.63) is 15.9 Å². The van der Waals surface area contributed by atoms with Crippen molar-refractivity contribution in [2.75, 3.05) is 13.6 Å². The van der Waals surface area contributed by atoms with Gasteiger partial charge in [-0.05, 0) is 62.1 Å². The quantitative estimate of drug-likeness (QED) is 0.915. The average Bonchev–Trinajstić information content (AvgIpc) is 2.42. The SMILES string of the molecule is CNCC1CCC1n1nc(C)c(Br)c1C. The van der Waals surface area contributed by atoms with Crippen molar-refractivity contribution in [3.63, 3.8) is 0 Å². The van der Waals surface area contributed by atoms with Gasteiger partial charge in [-0.3, -0.25) is 4.68 Å². The molecule has 0 amide bonds. The largest absolute Gasteiger partial charge is 0.319 e. The van der Waals surface area contributed by atoms with Crippen LogP contribution in [-0.2, 0) is 0 Å². The minimum atomic E-state index is 0.599. The highest BCUT2D eigenvalue weighted by molar-refractivity contribution is 9.10. The first-order valence-corrected chi connectivity index (χ1v) is 6.30. The molecule has 1 aromatic heterocycles. The number of nitrogens with zero attached hydrogens (tertiary/aromatic N) is 2. The summed E-state index contributed by atoms with van der Waals surface area (Å²) >= 11 is 3.58. The second-order valence-electron chi connectivity index (χ2n) is 4.39. The fourth-order valence-corrected chi connectivity index (χ4v) is 2.60. The molecule has 0 bridgehead atoms. The maximum Gasteiger partial charge on any atom is 0.0738 e. The fourth-order valence-electron chi connectivity index (χ4n) is 2.34. The van der Waals surface area contributed by atoms with Gasteiger partial charge in [0.1, 0.15) is 0 Å². The number of hydrogen-bond donors (Lipinski definition) is 1. The standard InChI is InChI=1S/C11H18BrN3/c1-7-11(12)8(2)15(14-7)10-5-4-9(10)6-13-3/h9-10,13H,4-6H2,1-3H3. The van der Waals surface area contributed by atoms with Crippen LogP contribution in [0.3, 0.4) is 0 Å². The van der Waals surface area contributed by atoms with Crippen molar-refractivity contribution in [1.82, 2.24) is 15.1 Å². The van der Waals surface area contributed by atoms with E-state index >= 15 is 0 Å². The Morgan fingerprint density at radius 3 is 2.60 bits per heavy atom. The molecule has 1 fully saturated rings. The topological polar surface area (TPSA) is 29.9 Å². The minimum absolute atomic E-state index is 0.599. The van der Waals surface area contributed by atoms with E-state index in [2.05, 4.69) is 44.9 Å². The molecular weight excluding hydrogens is 254 g/mol. The molecule has 4 heteroatoms. The smallest absolute Gasteiger partial charge is 0.0738 e. The number of rotatable bonds is 3. The summed E-state index contributed by atoms with van der Waals surface area (Å²) in [6.07, 6.45) is 2.59. The van der Waals surface area contributed by atoms with Gasteiger partial charge in [0, 0.05) is 0 Å². The molecule has 2 rings (SSSR count). The van der Waals surface area contributed by atoms with Crippen molar-refractivity contribution in [2.24, 2.45) is 5.92 Å². The van der Waals surface area contributed by atoms with Crippen LogP contribution < -0.4 is 5.32 Å². The second kappa shape index (κ2) is 4.26. The maximum atomic E-state index is 4.61. The number of halogens is 1. The third-order valence-electron chi connectivity index (χ3n) is 3.39. The van der Waals surface area contributed by atoms with Crippen molar-refractivity contribution < 1.29 is 0 Å². The van der Waals surface area contributed by atoms with Crippen LogP contribution in [0.25, 0.3) is 0 Å². The van der Waals surface area contributed by atoms with Gasteiger partial charge >= 0.3 is 0 Å². The summed E-state index contributed by atoms with van der Waals surface area (Å²) in [5, 5.41) is 7.86. The van der Waals surface area contributed by atoms with Crippen molar-refractivity contribution in [3.8, 4) is 0 Å². The van der Waals surface area contributed by atoms with Gasteiger partial charge in [-0.1, -0.05) is 0 Å². The molecule has 0 aliphatic heterocycles. The Morgan fingerprint density at radius 1 is 1.47 bits per heavy atom. The van der Waals surface area contributed by atoms with Crippen LogP contribution in [0.1, 0.15) is 30.3 Å². The summed E-state index contributed by atoms with van der Waals surface area (Å²) in [6, 6.07) is 0.599. The number of nitrogens with one attached hydrogen (secondary N) is 1. The molecule has 0 radical (unpaired) electrons. The van der Waals surface area contributed by atoms with Crippen LogP contribution in [0.5, 0.6) is 0 Å². The average molecular weight is 272 g/mol. The molecule has 3 nitrogen and oxygen atoms in total. The van der Waals surface area contributed by atoms with Gasteiger partial charge in [-0.2, -0.15) is 5.10 Å². The summed E-state index contributed by atoms with van der Waals surface area (Å²) in [6.45, 7) is 5.29. The molecule has 2 unspecified atom stereocenters. The van der Waals surface area contributed by atoms with Gasteiger partial charge in [0.2, 0.25) is 0 Å². The van der Waals surface area contributed by atoms with Gasteiger partial charge in [0.15, 0.2) is 0 Å². The second-order valence-corrected chi connectivity index (χ2v) is 5.18. The Labute approximate surface area is 99.4 Å². The van der Waals surface area contributed by atoms with E-state index in [1.165, 1.54) is 18.5 Å². The van der Waals surface area contributed by atoms with E-state index < -0.39 is 0 Å². The fraction of sp³-hybridized carbons (Fsp3) is 0.727. The van der Waals surface area contributed by atoms with Crippen LogP contribution in [0.4, 0.5) is 0 Å². The number of aromatic nitrogens is 2. The van der Waals surface area contributed by atoms with Gasteiger partial charge < -0.3 is 5.32 Å². The molecule has 1 aromatic rings. The molecule has 1 saturated carbocycles. The predicted octanol–water partition coefficient (Wildman–Crippen LogP) is 2.43. The molecule has 2 atom stereocenters. The normalized spacial score (nSPS) is 25.3. The van der Waals surface area contributed by atoms with Gasteiger partial charge in [0.25, 0.3) is 0 Å². The molecule has 84 valence electrons. The lowest BCUT2D eigenvalue weighted by Gasteiger charge is -2.37. The number of hydrogen-bond acceptors (Lipinski definition) is 2. The first-order chi connectivity index (χ1) is 7.15. The Balaban J connectivity index is 2.19. The van der Waals surface area contributed by atoms with E-state index in [4.69, 9.17) is 0 Å². The number of aryl methyl sites for hydroxylation is 1. The Kier molecular flexibility index (Phi) is 3.16. The van der Waals surface area contributed by atoms with E-state index in [9.17, 15) is 0 Å². The molecular formula is C11H18BrN3. The van der Waals surface area contributed by atoms with E-state index in [0.29, 0.717) is 6.04 Å². The monoisotopic (exact) mass is 271 g/mol. The Hall–Kier alpha value is -0.350. The Bertz CT molecular complexity index is 359. The molecule has 0 aromatic carbocycles. The summed E-state index contributed by atoms with van der Waals surface area (Å²) in [5.74, 6) is 0.750. The molecule has 0 saturated heterocycles. The van der Waals surface area contributed by atoms with Gasteiger partial charge in [-0.15, -0.1) is 0 Å². The lowest BCUT2D eigenvalue weighted by Crippen LogP contribution is -2.36. The van der Waals surface area contributed by atoms with Crippen LogP contribution in [0.15, 0.2) is 4.47 Å². The minimum Gasteiger partial charge on any atom is -0.319 e. The molecule has 15 heavy (non-hydrogen) atoms.